The van der Waals surface area contributed by atoms with E-state index in [0.717, 1.165) is 10.2 Å². The van der Waals surface area contributed by atoms with E-state index in [1.165, 1.54) is 29.5 Å². The molecule has 9 heteroatoms. The van der Waals surface area contributed by atoms with Gasteiger partial charge in [0.2, 0.25) is 0 Å². The number of fused-ring (bicyclic) bond motifs is 1. The number of carbonyl (C=O) groups is 1. The van der Waals surface area contributed by atoms with Crippen molar-refractivity contribution in [3.63, 3.8) is 0 Å². The van der Waals surface area contributed by atoms with Crippen molar-refractivity contribution >= 4 is 44.4 Å². The number of ether oxygens (including phenoxy) is 1. The molecule has 0 unspecified atom stereocenters. The highest BCUT2D eigenvalue weighted by Gasteiger charge is 2.18. The molecule has 0 saturated heterocycles. The maximum Gasteiger partial charge on any atom is 0.269 e. The van der Waals surface area contributed by atoms with Gasteiger partial charge in [-0.2, -0.15) is 0 Å². The van der Waals surface area contributed by atoms with E-state index in [2.05, 4.69) is 4.98 Å². The lowest BCUT2D eigenvalue weighted by Gasteiger charge is -2.20. The summed E-state index contributed by atoms with van der Waals surface area (Å²) >= 11 is 1.44. The molecule has 8 nitrogen and oxygen atoms in total. The second-order valence-electron chi connectivity index (χ2n) is 6.81. The molecule has 0 atom stereocenters. The molecule has 30 heavy (non-hydrogen) atoms. The zero-order valence-corrected chi connectivity index (χ0v) is 17.8. The summed E-state index contributed by atoms with van der Waals surface area (Å²) < 4.78 is 6.22. The number of non-ortho nitro benzene ring substituents is 1. The molecule has 156 valence electrons. The Bertz CT molecular complexity index is 1080. The minimum absolute atomic E-state index is 0.0102. The van der Waals surface area contributed by atoms with Crippen molar-refractivity contribution in [3.05, 3.63) is 64.2 Å². The largest absolute Gasteiger partial charge is 0.497 e. The van der Waals surface area contributed by atoms with E-state index in [4.69, 9.17) is 4.74 Å². The van der Waals surface area contributed by atoms with E-state index in [1.54, 1.807) is 30.2 Å². The predicted octanol–water partition coefficient (Wildman–Crippen LogP) is 3.82. The highest BCUT2D eigenvalue weighted by Crippen LogP contribution is 2.31. The van der Waals surface area contributed by atoms with Crippen LogP contribution in [0.4, 0.5) is 10.8 Å². The van der Waals surface area contributed by atoms with Crippen molar-refractivity contribution in [2.45, 2.75) is 0 Å². The minimum Gasteiger partial charge on any atom is -0.497 e. The quantitative estimate of drug-likeness (QED) is 0.309. The number of likely N-dealkylation sites (N-methyl/N-ethyl adjacent to an activating group) is 1. The number of hydrogen-bond donors (Lipinski definition) is 0. The predicted molar refractivity (Wildman–Crippen MR) is 119 cm³/mol. The molecule has 0 bridgehead atoms. The van der Waals surface area contributed by atoms with Crippen LogP contribution in [0.5, 0.6) is 5.75 Å². The van der Waals surface area contributed by atoms with E-state index in [9.17, 15) is 14.9 Å². The summed E-state index contributed by atoms with van der Waals surface area (Å²) in [5.74, 6) is 0.504. The number of rotatable bonds is 8. The van der Waals surface area contributed by atoms with Crippen LogP contribution in [0.25, 0.3) is 16.3 Å². The Morgan fingerprint density at radius 1 is 1.20 bits per heavy atom. The monoisotopic (exact) mass is 426 g/mol. The number of nitro groups is 1. The number of amides is 1. The van der Waals surface area contributed by atoms with E-state index in [1.807, 2.05) is 37.2 Å². The van der Waals surface area contributed by atoms with Crippen LogP contribution >= 0.6 is 11.3 Å². The highest BCUT2D eigenvalue weighted by molar-refractivity contribution is 7.22. The van der Waals surface area contributed by atoms with Gasteiger partial charge in [0.15, 0.2) is 5.13 Å². The first-order valence-corrected chi connectivity index (χ1v) is 10.0. The van der Waals surface area contributed by atoms with E-state index in [0.29, 0.717) is 29.5 Å². The van der Waals surface area contributed by atoms with Crippen LogP contribution in [-0.4, -0.2) is 55.0 Å². The van der Waals surface area contributed by atoms with Gasteiger partial charge < -0.3 is 9.64 Å². The van der Waals surface area contributed by atoms with Crippen LogP contribution in [0.3, 0.4) is 0 Å². The SMILES string of the molecule is COc1ccc2sc(N(CCN(C)C)C(=O)C=Cc3ccc([N+](=O)[O-])cc3)nc2c1. The van der Waals surface area contributed by atoms with Crippen LogP contribution in [0.15, 0.2) is 48.5 Å². The third-order valence-electron chi connectivity index (χ3n) is 4.37. The Hall–Kier alpha value is -3.30. The standard InChI is InChI=1S/C21H22N4O4S/c1-23(2)12-13-24(21-22-18-14-17(29-3)9-10-19(18)30-21)20(26)11-6-15-4-7-16(8-5-15)25(27)28/h4-11,14H,12-13H2,1-3H3. The third-order valence-corrected chi connectivity index (χ3v) is 5.43. The Balaban J connectivity index is 1.85. The number of nitrogens with zero attached hydrogens (tertiary/aromatic N) is 4. The third kappa shape index (κ3) is 5.19. The summed E-state index contributed by atoms with van der Waals surface area (Å²) in [5.41, 5.74) is 1.49. The molecule has 3 rings (SSSR count). The van der Waals surface area contributed by atoms with Crippen molar-refractivity contribution in [2.75, 3.05) is 39.2 Å². The number of methoxy groups -OCH3 is 1. The molecule has 0 aliphatic carbocycles. The summed E-state index contributed by atoms with van der Waals surface area (Å²) in [6.07, 6.45) is 3.11. The fourth-order valence-corrected chi connectivity index (χ4v) is 3.68. The topological polar surface area (TPSA) is 88.8 Å². The highest BCUT2D eigenvalue weighted by atomic mass is 32.1. The maximum absolute atomic E-state index is 13.0. The molecule has 0 saturated carbocycles. The molecule has 0 aliphatic heterocycles. The zero-order chi connectivity index (χ0) is 21.7. The number of thiazole rings is 1. The van der Waals surface area contributed by atoms with Gasteiger partial charge in [-0.1, -0.05) is 11.3 Å². The van der Waals surface area contributed by atoms with Gasteiger partial charge in [0, 0.05) is 37.4 Å². The smallest absolute Gasteiger partial charge is 0.269 e. The summed E-state index contributed by atoms with van der Waals surface area (Å²) in [7, 11) is 5.49. The lowest BCUT2D eigenvalue weighted by Crippen LogP contribution is -2.35. The van der Waals surface area contributed by atoms with Crippen LogP contribution in [-0.2, 0) is 4.79 Å². The van der Waals surface area contributed by atoms with Gasteiger partial charge in [-0.3, -0.25) is 19.8 Å². The van der Waals surface area contributed by atoms with E-state index < -0.39 is 4.92 Å². The lowest BCUT2D eigenvalue weighted by atomic mass is 10.2. The lowest BCUT2D eigenvalue weighted by molar-refractivity contribution is -0.384. The van der Waals surface area contributed by atoms with Crippen LogP contribution in [0.1, 0.15) is 5.56 Å². The maximum atomic E-state index is 13.0. The number of carbonyl (C=O) groups excluding carboxylic acids is 1. The Labute approximate surface area is 178 Å². The van der Waals surface area contributed by atoms with Crippen molar-refractivity contribution in [1.82, 2.24) is 9.88 Å². The molecule has 2 aromatic carbocycles. The summed E-state index contributed by atoms with van der Waals surface area (Å²) in [6, 6.07) is 11.7. The number of nitro benzene ring substituents is 1. The second kappa shape index (κ2) is 9.47. The summed E-state index contributed by atoms with van der Waals surface area (Å²) in [5, 5.41) is 11.4. The molecule has 0 N–H and O–H groups in total. The van der Waals surface area contributed by atoms with Crippen LogP contribution in [0.2, 0.25) is 0 Å². The van der Waals surface area contributed by atoms with Crippen molar-refractivity contribution in [3.8, 4) is 5.75 Å². The Morgan fingerprint density at radius 3 is 2.57 bits per heavy atom. The number of hydrogen-bond acceptors (Lipinski definition) is 7. The van der Waals surface area contributed by atoms with Gasteiger partial charge in [-0.15, -0.1) is 0 Å². The number of anilines is 1. The van der Waals surface area contributed by atoms with Crippen molar-refractivity contribution in [2.24, 2.45) is 0 Å². The molecule has 0 radical (unpaired) electrons. The molecule has 0 spiro atoms. The van der Waals surface area contributed by atoms with Crippen LogP contribution < -0.4 is 9.64 Å². The molecule has 0 aliphatic rings. The molecule has 3 aromatic rings. The average Bonchev–Trinajstić information content (AvgIpc) is 3.15. The van der Waals surface area contributed by atoms with Crippen LogP contribution in [0, 0.1) is 10.1 Å². The summed E-state index contributed by atoms with van der Waals surface area (Å²) in [6.45, 7) is 1.16. The zero-order valence-electron chi connectivity index (χ0n) is 16.9. The first-order chi connectivity index (χ1) is 14.4. The molecule has 1 amide bonds. The first-order valence-electron chi connectivity index (χ1n) is 9.20. The molecule has 1 aromatic heterocycles. The van der Waals surface area contributed by atoms with Gasteiger partial charge in [0.25, 0.3) is 11.6 Å². The molecule has 0 fully saturated rings. The van der Waals surface area contributed by atoms with Gasteiger partial charge in [0.05, 0.1) is 22.2 Å². The minimum atomic E-state index is -0.455. The molecular weight excluding hydrogens is 404 g/mol. The second-order valence-corrected chi connectivity index (χ2v) is 7.81. The van der Waals surface area contributed by atoms with Gasteiger partial charge in [-0.05, 0) is 50.0 Å². The first kappa shape index (κ1) is 21.4. The van der Waals surface area contributed by atoms with Gasteiger partial charge in [-0.25, -0.2) is 4.98 Å². The summed E-state index contributed by atoms with van der Waals surface area (Å²) in [4.78, 5) is 31.5. The van der Waals surface area contributed by atoms with Crippen molar-refractivity contribution < 1.29 is 14.5 Å². The van der Waals surface area contributed by atoms with E-state index >= 15 is 0 Å². The molecule has 1 heterocycles. The fourth-order valence-electron chi connectivity index (χ4n) is 2.70. The van der Waals surface area contributed by atoms with Gasteiger partial charge >= 0.3 is 0 Å². The fraction of sp³-hybridized carbons (Fsp3) is 0.238. The van der Waals surface area contributed by atoms with Gasteiger partial charge in [0.1, 0.15) is 5.75 Å². The number of aromatic nitrogens is 1. The normalized spacial score (nSPS) is 11.3. The molecular formula is C21H22N4O4S. The van der Waals surface area contributed by atoms with Crippen molar-refractivity contribution in [1.29, 1.82) is 0 Å². The number of benzene rings is 2. The average molecular weight is 426 g/mol. The van der Waals surface area contributed by atoms with E-state index in [-0.39, 0.29) is 11.6 Å². The Morgan fingerprint density at radius 2 is 1.93 bits per heavy atom. The Kier molecular flexibility index (Phi) is 6.76.